The van der Waals surface area contributed by atoms with Crippen LogP contribution in [0.3, 0.4) is 0 Å². The molecule has 1 aromatic rings. The lowest BCUT2D eigenvalue weighted by Gasteiger charge is -2.14. The topological polar surface area (TPSA) is 12.4 Å². The molecule has 1 aliphatic heterocycles. The quantitative estimate of drug-likeness (QED) is 0.634. The van der Waals surface area contributed by atoms with E-state index in [4.69, 9.17) is 0 Å². The average molecular weight is 211 g/mol. The van der Waals surface area contributed by atoms with Gasteiger partial charge in [0.15, 0.2) is 0 Å². The third-order valence-corrected chi connectivity index (χ3v) is 3.43. The smallest absolute Gasteiger partial charge is 0.0776 e. The van der Waals surface area contributed by atoms with E-state index >= 15 is 0 Å². The molecule has 0 radical (unpaired) electrons. The van der Waals surface area contributed by atoms with Crippen LogP contribution in [0.5, 0.6) is 0 Å². The van der Waals surface area contributed by atoms with Crippen LogP contribution >= 0.6 is 11.8 Å². The van der Waals surface area contributed by atoms with Crippen LogP contribution in [0.25, 0.3) is 0 Å². The molecular formula is C13H9NS. The van der Waals surface area contributed by atoms with Crippen LogP contribution in [-0.2, 0) is 0 Å². The van der Waals surface area contributed by atoms with Crippen molar-refractivity contribution < 1.29 is 0 Å². The molecule has 1 aliphatic carbocycles. The molecule has 15 heavy (non-hydrogen) atoms. The van der Waals surface area contributed by atoms with E-state index in [-0.39, 0.29) is 0 Å². The zero-order valence-corrected chi connectivity index (χ0v) is 8.87. The van der Waals surface area contributed by atoms with Crippen LogP contribution in [0.2, 0.25) is 0 Å². The first kappa shape index (κ1) is 8.74. The Hall–Kier alpha value is -1.54. The Morgan fingerprint density at radius 2 is 1.93 bits per heavy atom. The molecule has 0 saturated heterocycles. The standard InChI is InChI=1S/C13H9NS/c1-2-6-10-12(8-3-1)15-13-9-5-4-7-11(13)14-10/h1-9H. The van der Waals surface area contributed by atoms with Gasteiger partial charge in [-0.15, -0.1) is 0 Å². The van der Waals surface area contributed by atoms with Gasteiger partial charge >= 0.3 is 0 Å². The lowest BCUT2D eigenvalue weighted by Crippen LogP contribution is -1.99. The van der Waals surface area contributed by atoms with Crippen molar-refractivity contribution in [3.8, 4) is 0 Å². The number of benzene rings is 1. The highest BCUT2D eigenvalue weighted by molar-refractivity contribution is 8.04. The van der Waals surface area contributed by atoms with Crippen molar-refractivity contribution in [2.75, 3.05) is 0 Å². The Morgan fingerprint density at radius 3 is 2.93 bits per heavy atom. The van der Waals surface area contributed by atoms with Crippen molar-refractivity contribution in [1.82, 2.24) is 0 Å². The average Bonchev–Trinajstić information content (AvgIpc) is 2.50. The molecule has 0 unspecified atom stereocenters. The van der Waals surface area contributed by atoms with Crippen LogP contribution in [0.1, 0.15) is 0 Å². The van der Waals surface area contributed by atoms with Gasteiger partial charge in [-0.25, -0.2) is 4.99 Å². The number of allylic oxidation sites excluding steroid dienone is 6. The summed E-state index contributed by atoms with van der Waals surface area (Å²) in [5.41, 5.74) is 2.13. The number of aliphatic imine (C=N–C) groups is 1. The molecule has 0 atom stereocenters. The van der Waals surface area contributed by atoms with Gasteiger partial charge in [0.25, 0.3) is 0 Å². The number of rotatable bonds is 0. The molecule has 0 N–H and O–H groups in total. The highest BCUT2D eigenvalue weighted by Gasteiger charge is 2.15. The van der Waals surface area contributed by atoms with Gasteiger partial charge in [0.05, 0.1) is 11.4 Å². The second-order valence-electron chi connectivity index (χ2n) is 3.34. The summed E-state index contributed by atoms with van der Waals surface area (Å²) < 4.78 is 0. The predicted molar refractivity (Wildman–Crippen MR) is 65.8 cm³/mol. The predicted octanol–water partition coefficient (Wildman–Crippen LogP) is 3.87. The minimum Gasteiger partial charge on any atom is -0.247 e. The summed E-state index contributed by atoms with van der Waals surface area (Å²) in [5.74, 6) is 0. The van der Waals surface area contributed by atoms with Gasteiger partial charge in [-0.2, -0.15) is 0 Å². The van der Waals surface area contributed by atoms with Gasteiger partial charge in [-0.3, -0.25) is 0 Å². The molecule has 0 amide bonds. The van der Waals surface area contributed by atoms with E-state index in [0.717, 1.165) is 11.4 Å². The number of hydrogen-bond acceptors (Lipinski definition) is 2. The van der Waals surface area contributed by atoms with E-state index in [0.29, 0.717) is 0 Å². The van der Waals surface area contributed by atoms with Crippen molar-refractivity contribution >= 4 is 23.2 Å². The van der Waals surface area contributed by atoms with Crippen LogP contribution in [-0.4, -0.2) is 5.71 Å². The van der Waals surface area contributed by atoms with E-state index in [1.54, 1.807) is 11.8 Å². The van der Waals surface area contributed by atoms with E-state index in [2.05, 4.69) is 41.4 Å². The summed E-state index contributed by atoms with van der Waals surface area (Å²) in [4.78, 5) is 7.08. The molecule has 0 saturated carbocycles. The van der Waals surface area contributed by atoms with Crippen LogP contribution < -0.4 is 0 Å². The minimum absolute atomic E-state index is 1.06. The Kier molecular flexibility index (Phi) is 2.07. The Labute approximate surface area is 92.9 Å². The fraction of sp³-hybridized carbons (Fsp3) is 0. The molecule has 0 spiro atoms. The first-order chi connectivity index (χ1) is 7.43. The lowest BCUT2D eigenvalue weighted by molar-refractivity contribution is 1.36. The van der Waals surface area contributed by atoms with E-state index < -0.39 is 0 Å². The second kappa shape index (κ2) is 3.55. The van der Waals surface area contributed by atoms with Crippen molar-refractivity contribution in [3.63, 3.8) is 0 Å². The number of nitrogens with zero attached hydrogens (tertiary/aromatic N) is 1. The van der Waals surface area contributed by atoms with Crippen molar-refractivity contribution in [1.29, 1.82) is 0 Å². The Balaban J connectivity index is 2.17. The first-order valence-electron chi connectivity index (χ1n) is 4.84. The van der Waals surface area contributed by atoms with Gasteiger partial charge in [0, 0.05) is 9.80 Å². The summed E-state index contributed by atoms with van der Waals surface area (Å²) in [6.45, 7) is 0. The molecule has 1 heterocycles. The molecule has 1 aromatic carbocycles. The summed E-state index contributed by atoms with van der Waals surface area (Å²) in [6.07, 6.45) is 10.3. The van der Waals surface area contributed by atoms with E-state index in [1.165, 1.54) is 9.80 Å². The minimum atomic E-state index is 1.06. The highest BCUT2D eigenvalue weighted by atomic mass is 32.2. The van der Waals surface area contributed by atoms with Crippen molar-refractivity contribution in [2.45, 2.75) is 4.90 Å². The molecule has 2 aliphatic rings. The summed E-state index contributed by atoms with van der Waals surface area (Å²) in [7, 11) is 0. The van der Waals surface area contributed by atoms with Gasteiger partial charge in [0.2, 0.25) is 0 Å². The first-order valence-corrected chi connectivity index (χ1v) is 5.66. The highest BCUT2D eigenvalue weighted by Crippen LogP contribution is 2.40. The van der Waals surface area contributed by atoms with Crippen LogP contribution in [0.15, 0.2) is 69.4 Å². The molecule has 0 aromatic heterocycles. The second-order valence-corrected chi connectivity index (χ2v) is 4.43. The zero-order valence-electron chi connectivity index (χ0n) is 8.05. The maximum Gasteiger partial charge on any atom is 0.0776 e. The van der Waals surface area contributed by atoms with Crippen LogP contribution in [0, 0.1) is 0 Å². The van der Waals surface area contributed by atoms with Gasteiger partial charge in [-0.1, -0.05) is 42.1 Å². The maximum absolute atomic E-state index is 4.63. The normalized spacial score (nSPS) is 17.3. The number of hydrogen-bond donors (Lipinski definition) is 0. The third-order valence-electron chi connectivity index (χ3n) is 2.30. The van der Waals surface area contributed by atoms with Gasteiger partial charge < -0.3 is 0 Å². The summed E-state index contributed by atoms with van der Waals surface area (Å²) in [5, 5.41) is 0. The fourth-order valence-electron chi connectivity index (χ4n) is 1.58. The molecule has 2 heteroatoms. The van der Waals surface area contributed by atoms with Gasteiger partial charge in [-0.05, 0) is 24.3 Å². The summed E-state index contributed by atoms with van der Waals surface area (Å²) in [6, 6.07) is 8.24. The Morgan fingerprint density at radius 1 is 1.00 bits per heavy atom. The molecule has 0 fully saturated rings. The van der Waals surface area contributed by atoms with Crippen molar-refractivity contribution in [3.05, 3.63) is 59.6 Å². The zero-order chi connectivity index (χ0) is 10.1. The third kappa shape index (κ3) is 1.57. The largest absolute Gasteiger partial charge is 0.247 e. The maximum atomic E-state index is 4.63. The van der Waals surface area contributed by atoms with Crippen molar-refractivity contribution in [2.24, 2.45) is 4.99 Å². The van der Waals surface area contributed by atoms with E-state index in [9.17, 15) is 0 Å². The lowest BCUT2D eigenvalue weighted by atomic mass is 10.2. The Bertz CT molecular complexity index is 521. The molecule has 3 rings (SSSR count). The molecule has 72 valence electrons. The molecular weight excluding hydrogens is 202 g/mol. The number of para-hydroxylation sites is 1. The number of thioether (sulfide) groups is 1. The SMILES string of the molecule is C1=CC=C2Sc3ccccc3N=C2C=C1. The fourth-order valence-corrected chi connectivity index (χ4v) is 2.55. The van der Waals surface area contributed by atoms with E-state index in [1.807, 2.05) is 18.2 Å². The van der Waals surface area contributed by atoms with Crippen LogP contribution in [0.4, 0.5) is 5.69 Å². The number of fused-ring (bicyclic) bond motifs is 2. The molecule has 1 nitrogen and oxygen atoms in total. The molecule has 0 bridgehead atoms. The summed E-state index contributed by atoms with van der Waals surface area (Å²) >= 11 is 1.78. The van der Waals surface area contributed by atoms with Gasteiger partial charge in [0.1, 0.15) is 0 Å². The monoisotopic (exact) mass is 211 g/mol.